The molecule has 0 radical (unpaired) electrons. The first-order valence-corrected chi connectivity index (χ1v) is 13.4. The maximum atomic E-state index is 10.0. The third kappa shape index (κ3) is 5.31. The number of piperidine rings is 1. The van der Waals surface area contributed by atoms with Gasteiger partial charge in [-0.2, -0.15) is 0 Å². The zero-order chi connectivity index (χ0) is 22.0. The van der Waals surface area contributed by atoms with Crippen LogP contribution >= 0.6 is 0 Å². The van der Waals surface area contributed by atoms with Crippen molar-refractivity contribution in [3.8, 4) is 0 Å². The van der Waals surface area contributed by atoms with Crippen molar-refractivity contribution < 1.29 is 10.2 Å². The molecule has 176 valence electrons. The molecule has 3 heteroatoms. The van der Waals surface area contributed by atoms with Gasteiger partial charge >= 0.3 is 0 Å². The zero-order valence-corrected chi connectivity index (χ0v) is 20.4. The lowest BCUT2D eigenvalue weighted by molar-refractivity contribution is 0.0609. The standard InChI is InChI=1S/C28H47NO2/c1-20(13-16-29-15-5-4-7-21(29)2)26-11-12-27-23(8-6-14-28(26,27)3)10-9-22-17-24(30)19-25(31)18-22/h9-10,20-21,24-27,30-31H,4-8,11-19H2,1-3H3/b23-10+/t20?,21-,24-,25-,26-,27+,28-/m1/s1. The number of aliphatic hydroxyl groups excluding tert-OH is 2. The van der Waals surface area contributed by atoms with E-state index < -0.39 is 0 Å². The van der Waals surface area contributed by atoms with Gasteiger partial charge in [-0.3, -0.25) is 0 Å². The highest BCUT2D eigenvalue weighted by molar-refractivity contribution is 5.26. The second-order valence-electron chi connectivity index (χ2n) is 11.8. The van der Waals surface area contributed by atoms with Crippen molar-refractivity contribution in [2.24, 2.45) is 23.2 Å². The van der Waals surface area contributed by atoms with Crippen molar-refractivity contribution in [3.63, 3.8) is 0 Å². The van der Waals surface area contributed by atoms with Gasteiger partial charge in [-0.15, -0.1) is 0 Å². The highest BCUT2D eigenvalue weighted by Crippen LogP contribution is 2.59. The van der Waals surface area contributed by atoms with Crippen molar-refractivity contribution >= 4 is 0 Å². The van der Waals surface area contributed by atoms with Crippen molar-refractivity contribution in [3.05, 3.63) is 23.3 Å². The van der Waals surface area contributed by atoms with Crippen LogP contribution in [0.2, 0.25) is 0 Å². The number of rotatable bonds is 5. The fourth-order valence-corrected chi connectivity index (χ4v) is 7.81. The van der Waals surface area contributed by atoms with Crippen LogP contribution in [0.15, 0.2) is 23.3 Å². The Hall–Kier alpha value is -0.640. The number of nitrogens with zero attached hydrogens (tertiary/aromatic N) is 1. The smallest absolute Gasteiger partial charge is 0.0602 e. The Morgan fingerprint density at radius 3 is 2.58 bits per heavy atom. The summed E-state index contributed by atoms with van der Waals surface area (Å²) >= 11 is 0. The first-order chi connectivity index (χ1) is 14.9. The Morgan fingerprint density at radius 2 is 1.84 bits per heavy atom. The minimum atomic E-state index is -0.371. The molecule has 1 saturated heterocycles. The van der Waals surface area contributed by atoms with Crippen LogP contribution in [0, 0.1) is 23.2 Å². The van der Waals surface area contributed by atoms with Crippen LogP contribution < -0.4 is 0 Å². The molecule has 0 spiro atoms. The maximum absolute atomic E-state index is 10.0. The molecule has 1 aliphatic heterocycles. The molecule has 4 fully saturated rings. The second kappa shape index (κ2) is 10.1. The highest BCUT2D eigenvalue weighted by Gasteiger charge is 2.50. The van der Waals surface area contributed by atoms with E-state index in [1.165, 1.54) is 76.5 Å². The van der Waals surface area contributed by atoms with Gasteiger partial charge in [-0.05, 0) is 114 Å². The van der Waals surface area contributed by atoms with Crippen LogP contribution in [-0.2, 0) is 0 Å². The van der Waals surface area contributed by atoms with E-state index in [0.29, 0.717) is 11.8 Å². The average molecular weight is 430 g/mol. The van der Waals surface area contributed by atoms with Crippen LogP contribution in [0.5, 0.6) is 0 Å². The summed E-state index contributed by atoms with van der Waals surface area (Å²) in [6, 6.07) is 0.780. The van der Waals surface area contributed by atoms with Crippen LogP contribution in [0.1, 0.15) is 97.8 Å². The zero-order valence-electron chi connectivity index (χ0n) is 20.4. The number of likely N-dealkylation sites (tertiary alicyclic amines) is 1. The first kappa shape index (κ1) is 23.5. The topological polar surface area (TPSA) is 43.7 Å². The fourth-order valence-electron chi connectivity index (χ4n) is 7.81. The lowest BCUT2D eigenvalue weighted by Gasteiger charge is -2.45. The molecule has 4 aliphatic rings. The summed E-state index contributed by atoms with van der Waals surface area (Å²) in [6.07, 6.45) is 18.1. The molecule has 1 heterocycles. The molecule has 0 aromatic rings. The number of aliphatic hydroxyl groups is 2. The maximum Gasteiger partial charge on any atom is 0.0602 e. The molecule has 7 atom stereocenters. The van der Waals surface area contributed by atoms with E-state index in [1.54, 1.807) is 5.57 Å². The van der Waals surface area contributed by atoms with Gasteiger partial charge in [0.15, 0.2) is 0 Å². The average Bonchev–Trinajstić information content (AvgIpc) is 3.08. The summed E-state index contributed by atoms with van der Waals surface area (Å²) in [4.78, 5) is 2.75. The molecule has 31 heavy (non-hydrogen) atoms. The normalized spacial score (nSPS) is 41.9. The quantitative estimate of drug-likeness (QED) is 0.575. The Kier molecular flexibility index (Phi) is 7.66. The minimum absolute atomic E-state index is 0.371. The van der Waals surface area contributed by atoms with Crippen molar-refractivity contribution in [1.29, 1.82) is 0 Å². The molecule has 3 nitrogen and oxygen atoms in total. The summed E-state index contributed by atoms with van der Waals surface area (Å²) in [7, 11) is 0. The number of fused-ring (bicyclic) bond motifs is 1. The third-order valence-electron chi connectivity index (χ3n) is 9.61. The van der Waals surface area contributed by atoms with Gasteiger partial charge in [-0.1, -0.05) is 43.6 Å². The molecule has 3 saturated carbocycles. The van der Waals surface area contributed by atoms with E-state index in [-0.39, 0.29) is 12.2 Å². The Morgan fingerprint density at radius 1 is 1.06 bits per heavy atom. The molecule has 0 aromatic carbocycles. The van der Waals surface area contributed by atoms with Crippen LogP contribution in [0.3, 0.4) is 0 Å². The monoisotopic (exact) mass is 429 g/mol. The second-order valence-corrected chi connectivity index (χ2v) is 11.8. The molecule has 4 rings (SSSR count). The van der Waals surface area contributed by atoms with Crippen molar-refractivity contribution in [2.45, 2.75) is 116 Å². The van der Waals surface area contributed by atoms with E-state index in [9.17, 15) is 10.2 Å². The molecule has 3 aliphatic carbocycles. The molecule has 0 amide bonds. The summed E-state index contributed by atoms with van der Waals surface area (Å²) in [6.45, 7) is 10.2. The summed E-state index contributed by atoms with van der Waals surface area (Å²) < 4.78 is 0. The van der Waals surface area contributed by atoms with Gasteiger partial charge in [0.2, 0.25) is 0 Å². The van der Waals surface area contributed by atoms with Gasteiger partial charge in [0.1, 0.15) is 0 Å². The van der Waals surface area contributed by atoms with Crippen LogP contribution in [0.4, 0.5) is 0 Å². The molecular weight excluding hydrogens is 382 g/mol. The largest absolute Gasteiger partial charge is 0.393 e. The molecule has 1 unspecified atom stereocenters. The van der Waals surface area contributed by atoms with Gasteiger partial charge in [0, 0.05) is 6.04 Å². The summed E-state index contributed by atoms with van der Waals surface area (Å²) in [5, 5.41) is 20.0. The molecule has 0 bridgehead atoms. The van der Waals surface area contributed by atoms with E-state index >= 15 is 0 Å². The SMILES string of the molecule is CC(CCN1CCCC[C@H]1C)[C@H]1CC[C@H]2/C(=C/C=C3C[C@@H](O)C[C@H](O)C3)CCC[C@]12C. The molecule has 0 aromatic heterocycles. The summed E-state index contributed by atoms with van der Waals surface area (Å²) in [5.41, 5.74) is 3.33. The van der Waals surface area contributed by atoms with Gasteiger partial charge in [0.25, 0.3) is 0 Å². The van der Waals surface area contributed by atoms with E-state index in [1.807, 2.05) is 0 Å². The number of hydrogen-bond acceptors (Lipinski definition) is 3. The lowest BCUT2D eigenvalue weighted by atomic mass is 9.61. The number of allylic oxidation sites excluding steroid dienone is 3. The van der Waals surface area contributed by atoms with Gasteiger partial charge < -0.3 is 15.1 Å². The van der Waals surface area contributed by atoms with E-state index in [2.05, 4.69) is 37.8 Å². The third-order valence-corrected chi connectivity index (χ3v) is 9.61. The van der Waals surface area contributed by atoms with Gasteiger partial charge in [0.05, 0.1) is 12.2 Å². The molecule has 2 N–H and O–H groups in total. The van der Waals surface area contributed by atoms with E-state index in [4.69, 9.17) is 0 Å². The van der Waals surface area contributed by atoms with E-state index in [0.717, 1.165) is 36.6 Å². The predicted octanol–water partition coefficient (Wildman–Crippen LogP) is 5.86. The Labute approximate surface area is 191 Å². The minimum Gasteiger partial charge on any atom is -0.393 e. The first-order valence-electron chi connectivity index (χ1n) is 13.4. The Bertz CT molecular complexity index is 658. The fraction of sp³-hybridized carbons (Fsp3) is 0.857. The summed E-state index contributed by atoms with van der Waals surface area (Å²) in [5.74, 6) is 2.40. The lowest BCUT2D eigenvalue weighted by Crippen LogP contribution is -2.40. The van der Waals surface area contributed by atoms with Crippen molar-refractivity contribution in [2.75, 3.05) is 13.1 Å². The van der Waals surface area contributed by atoms with Crippen LogP contribution in [0.25, 0.3) is 0 Å². The highest BCUT2D eigenvalue weighted by atomic mass is 16.3. The predicted molar refractivity (Wildman–Crippen MR) is 129 cm³/mol. The van der Waals surface area contributed by atoms with Gasteiger partial charge in [-0.25, -0.2) is 0 Å². The number of hydrogen-bond donors (Lipinski definition) is 2. The van der Waals surface area contributed by atoms with Crippen molar-refractivity contribution in [1.82, 2.24) is 4.90 Å². The molecular formula is C28H47NO2. The van der Waals surface area contributed by atoms with Crippen LogP contribution in [-0.4, -0.2) is 46.5 Å². The Balaban J connectivity index is 1.40.